The first-order chi connectivity index (χ1) is 7.81. The molecule has 1 unspecified atom stereocenters. The lowest BCUT2D eigenvalue weighted by atomic mass is 9.89. The largest absolute Gasteiger partial charge is 0.481 e. The highest BCUT2D eigenvalue weighted by Crippen LogP contribution is 2.33. The Hall–Kier alpha value is -1.44. The van der Waals surface area contributed by atoms with Gasteiger partial charge in [0.1, 0.15) is 6.42 Å². The van der Waals surface area contributed by atoms with Crippen LogP contribution in [0.25, 0.3) is 0 Å². The Labute approximate surface area is 97.7 Å². The van der Waals surface area contributed by atoms with E-state index in [0.29, 0.717) is 6.42 Å². The van der Waals surface area contributed by atoms with Gasteiger partial charge in [0.05, 0.1) is 11.5 Å². The van der Waals surface area contributed by atoms with E-state index in [1.807, 2.05) is 0 Å². The lowest BCUT2D eigenvalue weighted by Crippen LogP contribution is -2.25. The summed E-state index contributed by atoms with van der Waals surface area (Å²) in [4.78, 5) is 14.4. The van der Waals surface area contributed by atoms with Crippen LogP contribution in [0.15, 0.2) is 4.52 Å². The minimum Gasteiger partial charge on any atom is -0.481 e. The molecule has 8 heteroatoms. The second-order valence-electron chi connectivity index (χ2n) is 4.48. The highest BCUT2D eigenvalue weighted by Gasteiger charge is 2.43. The number of aromatic nitrogens is 2. The SMILES string of the molecule is CC1(c2noc(CC(=O)O)n2)CCS(=O)(=O)C1. The van der Waals surface area contributed by atoms with Gasteiger partial charge in [-0.2, -0.15) is 4.98 Å². The molecule has 1 aliphatic heterocycles. The van der Waals surface area contributed by atoms with Crippen molar-refractivity contribution in [1.82, 2.24) is 10.1 Å². The molecule has 0 aliphatic carbocycles. The summed E-state index contributed by atoms with van der Waals surface area (Å²) in [5.41, 5.74) is -0.668. The van der Waals surface area contributed by atoms with Crippen molar-refractivity contribution in [1.29, 1.82) is 0 Å². The quantitative estimate of drug-likeness (QED) is 0.799. The Kier molecular flexibility index (Phi) is 2.69. The maximum absolute atomic E-state index is 11.4. The van der Waals surface area contributed by atoms with Gasteiger partial charge in [0.25, 0.3) is 0 Å². The molecule has 0 amide bonds. The summed E-state index contributed by atoms with van der Waals surface area (Å²) < 4.78 is 27.6. The van der Waals surface area contributed by atoms with Crippen LogP contribution in [-0.2, 0) is 26.5 Å². The standard InChI is InChI=1S/C9H12N2O5S/c1-9(2-3-17(14,15)5-9)8-10-6(16-11-8)4-7(12)13/h2-5H2,1H3,(H,12,13). The first kappa shape index (κ1) is 12.0. The lowest BCUT2D eigenvalue weighted by molar-refractivity contribution is -0.136. The fourth-order valence-electron chi connectivity index (χ4n) is 1.89. The van der Waals surface area contributed by atoms with Crippen LogP contribution in [0.5, 0.6) is 0 Å². The van der Waals surface area contributed by atoms with E-state index in [-0.39, 0.29) is 29.6 Å². The molecule has 0 saturated carbocycles. The molecule has 0 radical (unpaired) electrons. The zero-order valence-corrected chi connectivity index (χ0v) is 10.0. The van der Waals surface area contributed by atoms with Crippen LogP contribution in [0, 0.1) is 0 Å². The van der Waals surface area contributed by atoms with Gasteiger partial charge < -0.3 is 9.63 Å². The van der Waals surface area contributed by atoms with Gasteiger partial charge in [-0.15, -0.1) is 0 Å². The average molecular weight is 260 g/mol. The molecule has 2 heterocycles. The van der Waals surface area contributed by atoms with E-state index < -0.39 is 21.2 Å². The Morgan fingerprint density at radius 1 is 1.59 bits per heavy atom. The first-order valence-corrected chi connectivity index (χ1v) is 6.88. The number of rotatable bonds is 3. The summed E-state index contributed by atoms with van der Waals surface area (Å²) in [7, 11) is -3.05. The van der Waals surface area contributed by atoms with Crippen molar-refractivity contribution in [3.63, 3.8) is 0 Å². The number of carboxylic acid groups (broad SMARTS) is 1. The molecule has 1 saturated heterocycles. The summed E-state index contributed by atoms with van der Waals surface area (Å²) >= 11 is 0. The second-order valence-corrected chi connectivity index (χ2v) is 6.67. The zero-order chi connectivity index (χ0) is 12.7. The molecule has 1 aromatic rings. The van der Waals surface area contributed by atoms with E-state index in [4.69, 9.17) is 9.63 Å². The van der Waals surface area contributed by atoms with E-state index in [1.54, 1.807) is 6.92 Å². The predicted octanol–water partition coefficient (Wildman–Crippen LogP) is -0.227. The molecule has 1 aromatic heterocycles. The second kappa shape index (κ2) is 3.80. The third-order valence-electron chi connectivity index (χ3n) is 2.81. The predicted molar refractivity (Wildman–Crippen MR) is 56.3 cm³/mol. The van der Waals surface area contributed by atoms with Crippen LogP contribution in [0.3, 0.4) is 0 Å². The van der Waals surface area contributed by atoms with E-state index >= 15 is 0 Å². The number of carbonyl (C=O) groups is 1. The van der Waals surface area contributed by atoms with Gasteiger partial charge in [0.15, 0.2) is 15.7 Å². The minimum atomic E-state index is -3.05. The molecule has 7 nitrogen and oxygen atoms in total. The van der Waals surface area contributed by atoms with Crippen LogP contribution in [0.2, 0.25) is 0 Å². The lowest BCUT2D eigenvalue weighted by Gasteiger charge is -2.15. The van der Waals surface area contributed by atoms with Gasteiger partial charge in [-0.3, -0.25) is 4.79 Å². The molecule has 17 heavy (non-hydrogen) atoms. The van der Waals surface area contributed by atoms with Crippen LogP contribution < -0.4 is 0 Å². The van der Waals surface area contributed by atoms with E-state index in [2.05, 4.69) is 10.1 Å². The van der Waals surface area contributed by atoms with Gasteiger partial charge in [0.2, 0.25) is 5.89 Å². The van der Waals surface area contributed by atoms with E-state index in [1.165, 1.54) is 0 Å². The highest BCUT2D eigenvalue weighted by molar-refractivity contribution is 7.91. The van der Waals surface area contributed by atoms with E-state index in [9.17, 15) is 13.2 Å². The number of carboxylic acids is 1. The van der Waals surface area contributed by atoms with Gasteiger partial charge in [0, 0.05) is 5.41 Å². The van der Waals surface area contributed by atoms with Crippen molar-refractivity contribution in [2.24, 2.45) is 0 Å². The van der Waals surface area contributed by atoms with Crippen molar-refractivity contribution in [2.75, 3.05) is 11.5 Å². The molecule has 1 fully saturated rings. The van der Waals surface area contributed by atoms with Crippen LogP contribution in [0.1, 0.15) is 25.1 Å². The molecular weight excluding hydrogens is 248 g/mol. The maximum atomic E-state index is 11.4. The molecule has 94 valence electrons. The van der Waals surface area contributed by atoms with E-state index in [0.717, 1.165) is 0 Å². The zero-order valence-electron chi connectivity index (χ0n) is 9.21. The van der Waals surface area contributed by atoms with Crippen molar-refractivity contribution in [3.05, 3.63) is 11.7 Å². The summed E-state index contributed by atoms with van der Waals surface area (Å²) in [5.74, 6) is -0.713. The normalized spacial score (nSPS) is 27.1. The Morgan fingerprint density at radius 3 is 2.82 bits per heavy atom. The number of hydrogen-bond acceptors (Lipinski definition) is 6. The Morgan fingerprint density at radius 2 is 2.29 bits per heavy atom. The monoisotopic (exact) mass is 260 g/mol. The molecule has 2 rings (SSSR count). The van der Waals surface area contributed by atoms with Crippen molar-refractivity contribution in [3.8, 4) is 0 Å². The van der Waals surface area contributed by atoms with Crippen molar-refractivity contribution in [2.45, 2.75) is 25.2 Å². The topological polar surface area (TPSA) is 110 Å². The fraction of sp³-hybridized carbons (Fsp3) is 0.667. The van der Waals surface area contributed by atoms with Crippen molar-refractivity contribution < 1.29 is 22.8 Å². The summed E-state index contributed by atoms with van der Waals surface area (Å²) in [5, 5.41) is 12.2. The van der Waals surface area contributed by atoms with Gasteiger partial charge in [-0.1, -0.05) is 12.1 Å². The van der Waals surface area contributed by atoms with Gasteiger partial charge >= 0.3 is 5.97 Å². The van der Waals surface area contributed by atoms with Gasteiger partial charge in [-0.25, -0.2) is 8.42 Å². The molecule has 1 aliphatic rings. The fourth-order valence-corrected chi connectivity index (χ4v) is 4.04. The van der Waals surface area contributed by atoms with Crippen molar-refractivity contribution >= 4 is 15.8 Å². The summed E-state index contributed by atoms with van der Waals surface area (Å²) in [6.07, 6.45) is 0.0806. The summed E-state index contributed by atoms with van der Waals surface area (Å²) in [6, 6.07) is 0. The molecule has 0 bridgehead atoms. The third kappa shape index (κ3) is 2.46. The summed E-state index contributed by atoms with van der Waals surface area (Å²) in [6.45, 7) is 1.74. The highest BCUT2D eigenvalue weighted by atomic mass is 32.2. The molecular formula is C9H12N2O5S. The molecule has 0 aromatic carbocycles. The molecule has 1 N–H and O–H groups in total. The molecule has 1 atom stereocenters. The third-order valence-corrected chi connectivity index (χ3v) is 4.72. The van der Waals surface area contributed by atoms with Crippen LogP contribution >= 0.6 is 0 Å². The van der Waals surface area contributed by atoms with Gasteiger partial charge in [-0.05, 0) is 6.42 Å². The Bertz CT molecular complexity index is 549. The smallest absolute Gasteiger partial charge is 0.312 e. The number of hydrogen-bond donors (Lipinski definition) is 1. The average Bonchev–Trinajstić information content (AvgIpc) is 2.71. The maximum Gasteiger partial charge on any atom is 0.312 e. The van der Waals surface area contributed by atoms with Crippen LogP contribution in [0.4, 0.5) is 0 Å². The van der Waals surface area contributed by atoms with Crippen LogP contribution in [-0.4, -0.2) is 41.1 Å². The minimum absolute atomic E-state index is 0.00183. The number of sulfone groups is 1. The Balaban J connectivity index is 2.23. The number of aliphatic carboxylic acids is 1. The molecule has 0 spiro atoms. The number of nitrogens with zero attached hydrogens (tertiary/aromatic N) is 2. The first-order valence-electron chi connectivity index (χ1n) is 5.06.